The maximum absolute atomic E-state index is 12.3. The highest BCUT2D eigenvalue weighted by Crippen LogP contribution is 2.38. The molecule has 1 atom stereocenters. The van der Waals surface area contributed by atoms with Crippen LogP contribution in [0.15, 0.2) is 41.8 Å². The average molecular weight is 491 g/mol. The van der Waals surface area contributed by atoms with Crippen LogP contribution in [0.1, 0.15) is 63.5 Å². The number of nitrogens with two attached hydrogens (primary N) is 1. The summed E-state index contributed by atoms with van der Waals surface area (Å²) in [5.74, 6) is 1.03. The molecule has 0 radical (unpaired) electrons. The van der Waals surface area contributed by atoms with E-state index in [0.717, 1.165) is 49.2 Å². The molecule has 0 amide bonds. The molecule has 2 fully saturated rings. The number of benzene rings is 1. The van der Waals surface area contributed by atoms with E-state index in [1.165, 1.54) is 18.5 Å². The Kier molecular flexibility index (Phi) is 6.89. The standard InChI is InChI=1S/C27H35N7O2/c1-2-33(36)17-25-30-31-27(34(25)20-11-9-19(10-12-20)32-13-5-6-14-32)22-15-21(23(28)16-24(22)35)26(29)18-7-3-4-8-18/h9-12,16,18,21,29H,2-8,13-15,17H2,1H3,(H2-,28,31,35)/p+1. The van der Waals surface area contributed by atoms with Crippen LogP contribution in [0.25, 0.3) is 11.3 Å². The van der Waals surface area contributed by atoms with Crippen molar-refractivity contribution >= 4 is 17.0 Å². The van der Waals surface area contributed by atoms with Crippen LogP contribution >= 0.6 is 0 Å². The molecule has 36 heavy (non-hydrogen) atoms. The van der Waals surface area contributed by atoms with E-state index >= 15 is 0 Å². The van der Waals surface area contributed by atoms with Gasteiger partial charge in [-0.3, -0.25) is 4.57 Å². The molecule has 1 aromatic carbocycles. The number of anilines is 1. The van der Waals surface area contributed by atoms with E-state index in [0.29, 0.717) is 41.6 Å². The lowest BCUT2D eigenvalue weighted by Gasteiger charge is -2.27. The van der Waals surface area contributed by atoms with Crippen LogP contribution < -0.4 is 10.6 Å². The van der Waals surface area contributed by atoms with Gasteiger partial charge in [-0.25, -0.2) is 0 Å². The smallest absolute Gasteiger partial charge is 0.251 e. The van der Waals surface area contributed by atoms with Gasteiger partial charge in [-0.2, -0.15) is 0 Å². The summed E-state index contributed by atoms with van der Waals surface area (Å²) in [4.78, 5) is 14.7. The Morgan fingerprint density at radius 1 is 1.11 bits per heavy atom. The molecule has 4 N–H and O–H groups in total. The van der Waals surface area contributed by atoms with Crippen molar-refractivity contribution in [2.24, 2.45) is 17.6 Å². The van der Waals surface area contributed by atoms with E-state index in [2.05, 4.69) is 27.2 Å². The van der Waals surface area contributed by atoms with Gasteiger partial charge in [0.15, 0.2) is 12.4 Å². The van der Waals surface area contributed by atoms with Crippen molar-refractivity contribution in [2.45, 2.75) is 58.4 Å². The Morgan fingerprint density at radius 3 is 2.44 bits per heavy atom. The molecule has 1 aliphatic heterocycles. The summed E-state index contributed by atoms with van der Waals surface area (Å²) >= 11 is 0. The van der Waals surface area contributed by atoms with Crippen LogP contribution in [0.4, 0.5) is 5.69 Å². The predicted octanol–water partition coefficient (Wildman–Crippen LogP) is 4.51. The molecule has 2 aromatic rings. The second kappa shape index (κ2) is 10.2. The molecule has 1 saturated carbocycles. The zero-order valence-electron chi connectivity index (χ0n) is 21.0. The first-order valence-electron chi connectivity index (χ1n) is 13.2. The molecule has 2 aliphatic carbocycles. The van der Waals surface area contributed by atoms with Gasteiger partial charge in [-0.15, -0.1) is 10.2 Å². The fourth-order valence-electron chi connectivity index (χ4n) is 5.73. The maximum Gasteiger partial charge on any atom is 0.251 e. The van der Waals surface area contributed by atoms with E-state index in [9.17, 15) is 10.0 Å². The van der Waals surface area contributed by atoms with Crippen LogP contribution in [0, 0.1) is 22.2 Å². The summed E-state index contributed by atoms with van der Waals surface area (Å²) in [5.41, 5.74) is 10.1. The second-order valence-electron chi connectivity index (χ2n) is 10.1. The molecule has 3 aliphatic rings. The molecule has 1 saturated heterocycles. The lowest BCUT2D eigenvalue weighted by atomic mass is 9.81. The molecule has 0 spiro atoms. The highest BCUT2D eigenvalue weighted by atomic mass is 16.3. The van der Waals surface area contributed by atoms with Crippen molar-refractivity contribution < 1.29 is 9.87 Å². The molecule has 2 heterocycles. The Bertz CT molecular complexity index is 1200. The fraction of sp³-hybridized carbons (Fsp3) is 0.519. The molecular weight excluding hydrogens is 454 g/mol. The average Bonchev–Trinajstić information content (AvgIpc) is 3.66. The summed E-state index contributed by atoms with van der Waals surface area (Å²) in [6, 6.07) is 8.23. The first-order valence-corrected chi connectivity index (χ1v) is 13.2. The maximum atomic E-state index is 12.3. The lowest BCUT2D eigenvalue weighted by Crippen LogP contribution is -2.29. The number of hydrogen-bond donors (Lipinski definition) is 3. The van der Waals surface area contributed by atoms with Gasteiger partial charge >= 0.3 is 0 Å². The van der Waals surface area contributed by atoms with E-state index in [1.54, 1.807) is 6.08 Å². The number of hydrogen-bond acceptors (Lipinski definition) is 7. The van der Waals surface area contributed by atoms with Crippen LogP contribution in [-0.4, -0.2) is 50.0 Å². The van der Waals surface area contributed by atoms with E-state index < -0.39 is 0 Å². The van der Waals surface area contributed by atoms with Crippen LogP contribution in [0.5, 0.6) is 0 Å². The molecule has 1 unspecified atom stereocenters. The minimum Gasteiger partial charge on any atom is -0.507 e. The topological polar surface area (TPSA) is 124 Å². The van der Waals surface area contributed by atoms with Crippen LogP contribution in [0.3, 0.4) is 0 Å². The number of nitrogens with zero attached hydrogens (tertiary/aromatic N) is 5. The van der Waals surface area contributed by atoms with Crippen molar-refractivity contribution in [1.29, 1.82) is 5.41 Å². The number of allylic oxidation sites excluding steroid dienone is 3. The van der Waals surface area contributed by atoms with Crippen LogP contribution in [-0.2, 0) is 6.54 Å². The number of aliphatic hydroxyl groups excluding tert-OH is 1. The third kappa shape index (κ3) is 4.66. The number of nitroso groups, excluding NO2 is 1. The zero-order chi connectivity index (χ0) is 25.2. The first-order chi connectivity index (χ1) is 17.5. The van der Waals surface area contributed by atoms with Gasteiger partial charge in [0.2, 0.25) is 5.82 Å². The van der Waals surface area contributed by atoms with E-state index in [4.69, 9.17) is 11.1 Å². The van der Waals surface area contributed by atoms with Crippen molar-refractivity contribution in [3.8, 4) is 5.69 Å². The quantitative estimate of drug-likeness (QED) is 0.369. The van der Waals surface area contributed by atoms with Crippen molar-refractivity contribution in [1.82, 2.24) is 14.8 Å². The largest absolute Gasteiger partial charge is 0.507 e. The number of rotatable bonds is 8. The monoisotopic (exact) mass is 490 g/mol. The summed E-state index contributed by atoms with van der Waals surface area (Å²) in [6.45, 7) is 4.36. The van der Waals surface area contributed by atoms with Crippen molar-refractivity contribution in [3.63, 3.8) is 0 Å². The molecule has 0 bridgehead atoms. The Labute approximate surface area is 211 Å². The van der Waals surface area contributed by atoms with Gasteiger partial charge in [0, 0.05) is 57.0 Å². The second-order valence-corrected chi connectivity index (χ2v) is 10.1. The Balaban J connectivity index is 1.52. The summed E-state index contributed by atoms with van der Waals surface area (Å²) in [7, 11) is 0. The molecule has 5 rings (SSSR count). The number of aliphatic hydroxyl groups is 1. The highest BCUT2D eigenvalue weighted by molar-refractivity contribution is 5.91. The third-order valence-corrected chi connectivity index (χ3v) is 7.84. The van der Waals surface area contributed by atoms with E-state index in [-0.39, 0.29) is 24.1 Å². The predicted molar refractivity (Wildman–Crippen MR) is 140 cm³/mol. The van der Waals surface area contributed by atoms with Gasteiger partial charge < -0.3 is 21.1 Å². The molecule has 9 nitrogen and oxygen atoms in total. The van der Waals surface area contributed by atoms with Gasteiger partial charge in [0.1, 0.15) is 5.76 Å². The molecule has 1 aromatic heterocycles. The van der Waals surface area contributed by atoms with Crippen molar-refractivity contribution in [3.05, 3.63) is 58.4 Å². The fourth-order valence-corrected chi connectivity index (χ4v) is 5.73. The number of aromatic nitrogens is 3. The van der Waals surface area contributed by atoms with Crippen molar-refractivity contribution in [2.75, 3.05) is 24.5 Å². The van der Waals surface area contributed by atoms with Gasteiger partial charge in [-0.05, 0) is 75.3 Å². The summed E-state index contributed by atoms with van der Waals surface area (Å²) in [5, 5.41) is 28.6. The lowest BCUT2D eigenvalue weighted by molar-refractivity contribution is -0.562. The highest BCUT2D eigenvalue weighted by Gasteiger charge is 2.34. The van der Waals surface area contributed by atoms with Gasteiger partial charge in [0.05, 0.1) is 0 Å². The third-order valence-electron chi connectivity index (χ3n) is 7.84. The molecule has 190 valence electrons. The minimum absolute atomic E-state index is 0.0475. The zero-order valence-corrected chi connectivity index (χ0v) is 21.0. The van der Waals surface area contributed by atoms with Gasteiger partial charge in [0.25, 0.3) is 6.54 Å². The summed E-state index contributed by atoms with van der Waals surface area (Å²) < 4.78 is 2.81. The van der Waals surface area contributed by atoms with Crippen LogP contribution in [0.2, 0.25) is 0 Å². The number of nitrogens with one attached hydrogen (secondary N) is 1. The normalized spacial score (nSPS) is 20.8. The summed E-state index contributed by atoms with van der Waals surface area (Å²) in [6.07, 6.45) is 8.70. The molecular formula is C27H36N7O2+. The van der Waals surface area contributed by atoms with E-state index in [1.807, 2.05) is 23.6 Å². The van der Waals surface area contributed by atoms with Gasteiger partial charge in [-0.1, -0.05) is 12.8 Å². The minimum atomic E-state index is -0.267. The Hall–Kier alpha value is -3.49. The molecule has 9 heteroatoms. The SMILES string of the molecule is CC[N+](=O)Cc1nnc(C2=C(O)C=C(N)C(C(=N)C3CCCC3)C2)n1-c1ccc(N2CCCC2)cc1. The first kappa shape index (κ1) is 24.2. The Morgan fingerprint density at radius 2 is 1.78 bits per heavy atom.